The molecule has 0 aliphatic heterocycles. The van der Waals surface area contributed by atoms with E-state index in [9.17, 15) is 34.5 Å². The van der Waals surface area contributed by atoms with Crippen LogP contribution in [0, 0.1) is 22.7 Å². The standard InChI is InChI=1S/C17H20O3.2C16H18O3.C13H18O3/c1-4-17(2,3)16(19)20-11-12-9-10-15(18)14-8-6-5-7-13(12)14;1-3-11(2)16(18)19-10-12-6-4-8-14-13(12)7-5-9-15(14)17;1-3-11(2)16(18)19-10-12-8-9-15(17)14-7-5-4-6-13(12)14;1-4-13(2,3)12(15)16-9-10-5-7-11(14)8-6-10/h5-10,18H,4,11H2,1-3H3;2*4-9,11,17H,3,10H2,1-2H3;5-8,14H,4,9H2,1-3H3. The molecule has 0 aliphatic rings. The highest BCUT2D eigenvalue weighted by Gasteiger charge is 2.28. The molecule has 7 aromatic rings. The topological polar surface area (TPSA) is 186 Å². The highest BCUT2D eigenvalue weighted by Crippen LogP contribution is 2.31. The van der Waals surface area contributed by atoms with Crippen molar-refractivity contribution < 1.29 is 58.6 Å². The summed E-state index contributed by atoms with van der Waals surface area (Å²) < 4.78 is 21.2. The number of ether oxygens (including phenoxy) is 4. The number of carbonyl (C=O) groups excluding carboxylic acids is 4. The number of aromatic hydroxyl groups is 4. The minimum atomic E-state index is -0.466. The summed E-state index contributed by atoms with van der Waals surface area (Å²) in [6.07, 6.45) is 3.04. The third-order valence-corrected chi connectivity index (χ3v) is 13.3. The Hall–Kier alpha value is -7.60. The van der Waals surface area contributed by atoms with Crippen LogP contribution in [0.4, 0.5) is 0 Å². The highest BCUT2D eigenvalue weighted by molar-refractivity contribution is 5.92. The van der Waals surface area contributed by atoms with E-state index in [-0.39, 0.29) is 85.1 Å². The Morgan fingerprint density at radius 3 is 1.16 bits per heavy atom. The van der Waals surface area contributed by atoms with Gasteiger partial charge in [0.15, 0.2) is 0 Å². The molecule has 7 aromatic carbocycles. The molecule has 0 saturated carbocycles. The number of esters is 4. The van der Waals surface area contributed by atoms with Crippen LogP contribution in [0.1, 0.15) is 117 Å². The smallest absolute Gasteiger partial charge is 0.311 e. The molecule has 0 aliphatic carbocycles. The summed E-state index contributed by atoms with van der Waals surface area (Å²) in [5, 5.41) is 43.6. The van der Waals surface area contributed by atoms with Crippen molar-refractivity contribution in [2.75, 3.05) is 0 Å². The lowest BCUT2D eigenvalue weighted by atomic mass is 9.91. The quantitative estimate of drug-likeness (QED) is 0.0531. The molecular formula is C62H74O12. The van der Waals surface area contributed by atoms with E-state index in [4.69, 9.17) is 24.1 Å². The molecule has 7 rings (SSSR count). The molecule has 0 amide bonds. The van der Waals surface area contributed by atoms with Crippen LogP contribution in [0.15, 0.2) is 133 Å². The van der Waals surface area contributed by atoms with Gasteiger partial charge in [0.25, 0.3) is 0 Å². The van der Waals surface area contributed by atoms with Crippen LogP contribution >= 0.6 is 0 Å². The maximum Gasteiger partial charge on any atom is 0.311 e. The number of phenols is 4. The third-order valence-electron chi connectivity index (χ3n) is 13.3. The SMILES string of the molecule is CCC(C)(C)C(=O)OCc1ccc(O)c2ccccc12.CCC(C)(C)C(=O)OCc1ccc(O)cc1.CCC(C)C(=O)OCc1ccc(O)c2ccccc12.CCC(C)C(=O)OCc1cccc2c(O)cccc12. The maximum absolute atomic E-state index is 12.0. The number of benzene rings is 7. The monoisotopic (exact) mass is 1010 g/mol. The van der Waals surface area contributed by atoms with E-state index in [1.165, 1.54) is 0 Å². The lowest BCUT2D eigenvalue weighted by Crippen LogP contribution is -2.25. The van der Waals surface area contributed by atoms with Gasteiger partial charge in [-0.1, -0.05) is 145 Å². The molecule has 0 heterocycles. The van der Waals surface area contributed by atoms with Gasteiger partial charge >= 0.3 is 23.9 Å². The highest BCUT2D eigenvalue weighted by atomic mass is 16.5. The van der Waals surface area contributed by atoms with Crippen LogP contribution in [0.5, 0.6) is 23.0 Å². The first-order chi connectivity index (χ1) is 35.2. The van der Waals surface area contributed by atoms with Gasteiger partial charge in [0.05, 0.1) is 22.7 Å². The molecule has 0 saturated heterocycles. The summed E-state index contributed by atoms with van der Waals surface area (Å²) in [5.74, 6) is 0.0278. The van der Waals surface area contributed by atoms with Crippen molar-refractivity contribution in [1.29, 1.82) is 0 Å². The van der Waals surface area contributed by atoms with Crippen molar-refractivity contribution in [3.63, 3.8) is 0 Å². The molecule has 2 unspecified atom stereocenters. The summed E-state index contributed by atoms with van der Waals surface area (Å²) in [6, 6.07) is 39.6. The van der Waals surface area contributed by atoms with Crippen LogP contribution in [0.3, 0.4) is 0 Å². The summed E-state index contributed by atoms with van der Waals surface area (Å²) in [6.45, 7) is 20.0. The zero-order chi connectivity index (χ0) is 54.6. The number of rotatable bonds is 16. The fraction of sp³-hybridized carbons (Fsp3) is 0.355. The Morgan fingerprint density at radius 1 is 0.405 bits per heavy atom. The van der Waals surface area contributed by atoms with E-state index in [0.717, 1.165) is 80.3 Å². The van der Waals surface area contributed by atoms with Crippen LogP contribution in [0.25, 0.3) is 32.3 Å². The average Bonchev–Trinajstić information content (AvgIpc) is 3.41. The Morgan fingerprint density at radius 2 is 0.743 bits per heavy atom. The second-order valence-corrected chi connectivity index (χ2v) is 19.5. The van der Waals surface area contributed by atoms with Crippen molar-refractivity contribution in [2.24, 2.45) is 22.7 Å². The molecular weight excluding hydrogens is 937 g/mol. The first-order valence-electron chi connectivity index (χ1n) is 25.2. The van der Waals surface area contributed by atoms with Gasteiger partial charge in [-0.05, 0) is 122 Å². The first kappa shape index (κ1) is 59.0. The Balaban J connectivity index is 0.000000214. The van der Waals surface area contributed by atoms with Crippen LogP contribution in [0.2, 0.25) is 0 Å². The lowest BCUT2D eigenvalue weighted by Gasteiger charge is -2.20. The van der Waals surface area contributed by atoms with Crippen LogP contribution in [-0.2, 0) is 64.6 Å². The number of carbonyl (C=O) groups is 4. The second kappa shape index (κ2) is 28.0. The van der Waals surface area contributed by atoms with Gasteiger partial charge in [0.1, 0.15) is 49.4 Å². The van der Waals surface area contributed by atoms with Gasteiger partial charge in [0, 0.05) is 16.2 Å². The van der Waals surface area contributed by atoms with E-state index in [0.29, 0.717) is 0 Å². The van der Waals surface area contributed by atoms with Crippen molar-refractivity contribution in [1.82, 2.24) is 0 Å². The van der Waals surface area contributed by atoms with E-state index in [1.54, 1.807) is 60.7 Å². The number of phenolic OH excluding ortho intramolecular Hbond substituents is 4. The molecule has 12 nitrogen and oxygen atoms in total. The number of hydrogen-bond donors (Lipinski definition) is 4. The van der Waals surface area contributed by atoms with Crippen molar-refractivity contribution >= 4 is 56.2 Å². The van der Waals surface area contributed by atoms with Gasteiger partial charge in [0.2, 0.25) is 0 Å². The van der Waals surface area contributed by atoms with E-state index < -0.39 is 10.8 Å². The molecule has 12 heteroatoms. The summed E-state index contributed by atoms with van der Waals surface area (Å²) in [7, 11) is 0. The Labute approximate surface area is 435 Å². The van der Waals surface area contributed by atoms with Gasteiger partial charge in [-0.25, -0.2) is 0 Å². The second-order valence-electron chi connectivity index (χ2n) is 19.5. The molecule has 0 radical (unpaired) electrons. The van der Waals surface area contributed by atoms with Crippen LogP contribution in [-0.4, -0.2) is 44.3 Å². The van der Waals surface area contributed by atoms with Gasteiger partial charge in [-0.2, -0.15) is 0 Å². The normalized spacial score (nSPS) is 11.9. The maximum atomic E-state index is 12.0. The van der Waals surface area contributed by atoms with Gasteiger partial charge in [-0.15, -0.1) is 0 Å². The zero-order valence-electron chi connectivity index (χ0n) is 44.6. The third kappa shape index (κ3) is 16.7. The molecule has 0 bridgehead atoms. The number of fused-ring (bicyclic) bond motifs is 3. The minimum Gasteiger partial charge on any atom is -0.508 e. The van der Waals surface area contributed by atoms with E-state index in [1.807, 2.05) is 142 Å². The fourth-order valence-corrected chi connectivity index (χ4v) is 6.91. The largest absolute Gasteiger partial charge is 0.508 e. The molecule has 0 aromatic heterocycles. The Kier molecular flexibility index (Phi) is 22.3. The molecule has 74 heavy (non-hydrogen) atoms. The molecule has 0 spiro atoms. The molecule has 2 atom stereocenters. The zero-order valence-corrected chi connectivity index (χ0v) is 44.6. The minimum absolute atomic E-state index is 0.0802. The number of hydrogen-bond acceptors (Lipinski definition) is 12. The van der Waals surface area contributed by atoms with Crippen molar-refractivity contribution in [3.8, 4) is 23.0 Å². The molecule has 394 valence electrons. The predicted molar refractivity (Wildman–Crippen MR) is 291 cm³/mol. The molecule has 4 N–H and O–H groups in total. The average molecular weight is 1010 g/mol. The van der Waals surface area contributed by atoms with Crippen molar-refractivity contribution in [2.45, 2.75) is 121 Å². The van der Waals surface area contributed by atoms with E-state index >= 15 is 0 Å². The van der Waals surface area contributed by atoms with Gasteiger partial charge in [-0.3, -0.25) is 19.2 Å². The summed E-state index contributed by atoms with van der Waals surface area (Å²) in [4.78, 5) is 47.0. The van der Waals surface area contributed by atoms with Crippen LogP contribution < -0.4 is 0 Å². The summed E-state index contributed by atoms with van der Waals surface area (Å²) >= 11 is 0. The van der Waals surface area contributed by atoms with Crippen molar-refractivity contribution in [3.05, 3.63) is 156 Å². The summed E-state index contributed by atoms with van der Waals surface area (Å²) in [5.41, 5.74) is 2.69. The fourth-order valence-electron chi connectivity index (χ4n) is 6.91. The first-order valence-corrected chi connectivity index (χ1v) is 25.2. The lowest BCUT2D eigenvalue weighted by molar-refractivity contribution is -0.156. The molecule has 0 fully saturated rings. The van der Waals surface area contributed by atoms with E-state index in [2.05, 4.69) is 0 Å². The van der Waals surface area contributed by atoms with Gasteiger partial charge < -0.3 is 39.4 Å². The Bertz CT molecular complexity index is 2890. The predicted octanol–water partition coefficient (Wildman–Crippen LogP) is 14.2.